The van der Waals surface area contributed by atoms with Gasteiger partial charge in [0.05, 0.1) is 0 Å². The van der Waals surface area contributed by atoms with Crippen LogP contribution in [0.1, 0.15) is 12.5 Å². The number of aliphatic hydroxyl groups is 1. The summed E-state index contributed by atoms with van der Waals surface area (Å²) >= 11 is 0. The van der Waals surface area contributed by atoms with Gasteiger partial charge in [0.2, 0.25) is 6.29 Å². The first-order chi connectivity index (χ1) is 10.2. The van der Waals surface area contributed by atoms with E-state index in [1.807, 2.05) is 30.3 Å². The molecule has 0 aliphatic heterocycles. The summed E-state index contributed by atoms with van der Waals surface area (Å²) in [5.41, 5.74) is 5.72. The molecule has 9 nitrogen and oxygen atoms in total. The topological polar surface area (TPSA) is 164 Å². The molecule has 122 valence electrons. The Morgan fingerprint density at radius 1 is 1.23 bits per heavy atom. The summed E-state index contributed by atoms with van der Waals surface area (Å²) in [6.45, 7) is 1.44. The molecule has 1 rings (SSSR count). The number of nitrogens with two attached hydrogens (primary N) is 1. The molecule has 1 unspecified atom stereocenters. The molecular formula is C13H17NO8. The van der Waals surface area contributed by atoms with Gasteiger partial charge in [0, 0.05) is 0 Å². The van der Waals surface area contributed by atoms with Gasteiger partial charge in [-0.2, -0.15) is 0 Å². The van der Waals surface area contributed by atoms with Gasteiger partial charge in [0.1, 0.15) is 12.7 Å². The van der Waals surface area contributed by atoms with Gasteiger partial charge in [-0.05, 0) is 12.5 Å². The summed E-state index contributed by atoms with van der Waals surface area (Å²) < 4.78 is 4.57. The summed E-state index contributed by atoms with van der Waals surface area (Å²) in [7, 11) is 0. The van der Waals surface area contributed by atoms with E-state index < -0.39 is 24.1 Å². The number of carbonyl (C=O) groups excluding carboxylic acids is 2. The lowest BCUT2D eigenvalue weighted by molar-refractivity contribution is -0.145. The van der Waals surface area contributed by atoms with Gasteiger partial charge >= 0.3 is 18.0 Å². The third-order valence-electron chi connectivity index (χ3n) is 1.68. The zero-order valence-electron chi connectivity index (χ0n) is 11.7. The highest BCUT2D eigenvalue weighted by atomic mass is 16.5. The van der Waals surface area contributed by atoms with Crippen molar-refractivity contribution in [2.75, 3.05) is 0 Å². The molecular weight excluding hydrogens is 298 g/mol. The van der Waals surface area contributed by atoms with E-state index in [9.17, 15) is 9.59 Å². The Labute approximate surface area is 125 Å². The quantitative estimate of drug-likeness (QED) is 0.445. The second kappa shape index (κ2) is 13.1. The van der Waals surface area contributed by atoms with Crippen LogP contribution >= 0.6 is 0 Å². The minimum absolute atomic E-state index is 0.167. The number of hydrogen-bond donors (Lipinski definition) is 4. The van der Waals surface area contributed by atoms with Crippen LogP contribution in [-0.4, -0.2) is 45.7 Å². The van der Waals surface area contributed by atoms with Gasteiger partial charge in [0.15, 0.2) is 0 Å². The van der Waals surface area contributed by atoms with Crippen molar-refractivity contribution in [2.45, 2.75) is 19.6 Å². The number of aliphatic carboxylic acids is 2. The molecule has 0 aliphatic rings. The predicted octanol–water partition coefficient (Wildman–Crippen LogP) is 0.00360. The van der Waals surface area contributed by atoms with Gasteiger partial charge in [-0.15, -0.1) is 0 Å². The second-order valence-corrected chi connectivity index (χ2v) is 3.56. The molecule has 1 aromatic rings. The molecule has 0 aliphatic carbocycles. The lowest BCUT2D eigenvalue weighted by Crippen LogP contribution is -2.13. The van der Waals surface area contributed by atoms with Crippen molar-refractivity contribution >= 4 is 24.3 Å². The van der Waals surface area contributed by atoms with Crippen LogP contribution in [0.5, 0.6) is 0 Å². The summed E-state index contributed by atoms with van der Waals surface area (Å²) in [6.07, 6.45) is -2.14. The first-order valence-electron chi connectivity index (χ1n) is 5.75. The number of benzene rings is 1. The van der Waals surface area contributed by atoms with Crippen molar-refractivity contribution in [1.29, 1.82) is 0 Å². The fourth-order valence-electron chi connectivity index (χ4n) is 0.729. The van der Waals surface area contributed by atoms with Crippen molar-refractivity contribution in [1.82, 2.24) is 0 Å². The van der Waals surface area contributed by atoms with E-state index in [0.717, 1.165) is 5.56 Å². The maximum Gasteiger partial charge on any atom is 0.404 e. The van der Waals surface area contributed by atoms with Gasteiger partial charge < -0.3 is 25.8 Å². The SMILES string of the molecule is CC(O)C(=O)O.NC(=O)OCc1ccccc1.O=CC(=O)O. The second-order valence-electron chi connectivity index (χ2n) is 3.56. The van der Waals surface area contributed by atoms with Crippen molar-refractivity contribution in [3.63, 3.8) is 0 Å². The molecule has 9 heteroatoms. The van der Waals surface area contributed by atoms with Crippen LogP contribution in [0.2, 0.25) is 0 Å². The van der Waals surface area contributed by atoms with Crippen molar-refractivity contribution in [2.24, 2.45) is 5.73 Å². The van der Waals surface area contributed by atoms with E-state index in [1.165, 1.54) is 6.92 Å². The van der Waals surface area contributed by atoms with E-state index in [0.29, 0.717) is 0 Å². The van der Waals surface area contributed by atoms with Crippen LogP contribution in [-0.2, 0) is 25.7 Å². The molecule has 0 saturated heterocycles. The Morgan fingerprint density at radius 2 is 1.64 bits per heavy atom. The normalized spacial score (nSPS) is 9.73. The van der Waals surface area contributed by atoms with Crippen LogP contribution in [0, 0.1) is 0 Å². The Balaban J connectivity index is 0. The minimum Gasteiger partial charge on any atom is -0.479 e. The van der Waals surface area contributed by atoms with Gasteiger partial charge in [-0.3, -0.25) is 4.79 Å². The van der Waals surface area contributed by atoms with E-state index in [-0.39, 0.29) is 12.9 Å². The minimum atomic E-state index is -1.43. The number of hydrogen-bond acceptors (Lipinski definition) is 6. The smallest absolute Gasteiger partial charge is 0.404 e. The number of amides is 1. The van der Waals surface area contributed by atoms with E-state index in [2.05, 4.69) is 4.74 Å². The average Bonchev–Trinajstić information content (AvgIpc) is 2.47. The summed E-state index contributed by atoms with van der Waals surface area (Å²) in [5, 5.41) is 23.1. The number of aliphatic hydroxyl groups excluding tert-OH is 1. The fourth-order valence-corrected chi connectivity index (χ4v) is 0.729. The molecule has 1 aromatic carbocycles. The molecule has 0 radical (unpaired) electrons. The Bertz CT molecular complexity index is 472. The highest BCUT2D eigenvalue weighted by Crippen LogP contribution is 1.99. The highest BCUT2D eigenvalue weighted by Gasteiger charge is 2.01. The number of carboxylic acids is 2. The van der Waals surface area contributed by atoms with E-state index in [4.69, 9.17) is 30.6 Å². The maximum atomic E-state index is 10.2. The first-order valence-corrected chi connectivity index (χ1v) is 5.75. The largest absolute Gasteiger partial charge is 0.479 e. The fraction of sp³-hybridized carbons (Fsp3) is 0.231. The van der Waals surface area contributed by atoms with Gasteiger partial charge in [-0.25, -0.2) is 14.4 Å². The number of rotatable bonds is 4. The lowest BCUT2D eigenvalue weighted by Gasteiger charge is -1.99. The zero-order valence-corrected chi connectivity index (χ0v) is 11.7. The summed E-state index contributed by atoms with van der Waals surface area (Å²) in [4.78, 5) is 37.5. The number of carboxylic acid groups (broad SMARTS) is 2. The number of primary amides is 1. The maximum absolute atomic E-state index is 10.2. The van der Waals surface area contributed by atoms with Crippen LogP contribution in [0.15, 0.2) is 30.3 Å². The Kier molecular flexibility index (Phi) is 12.7. The molecule has 0 bridgehead atoms. The third-order valence-corrected chi connectivity index (χ3v) is 1.68. The molecule has 0 heterocycles. The zero-order chi connectivity index (χ0) is 17.5. The number of aldehydes is 1. The summed E-state index contributed by atoms with van der Waals surface area (Å²) in [6, 6.07) is 9.37. The lowest BCUT2D eigenvalue weighted by atomic mass is 10.2. The van der Waals surface area contributed by atoms with Crippen LogP contribution in [0.25, 0.3) is 0 Å². The molecule has 0 spiro atoms. The van der Waals surface area contributed by atoms with Crippen LogP contribution in [0.4, 0.5) is 4.79 Å². The van der Waals surface area contributed by atoms with Crippen LogP contribution in [0.3, 0.4) is 0 Å². The molecule has 0 aromatic heterocycles. The highest BCUT2D eigenvalue weighted by molar-refractivity contribution is 6.19. The standard InChI is InChI=1S/C8H9NO2.C3H6O3.C2H2O3/c9-8(10)11-6-7-4-2-1-3-5-7;1-2(4)3(5)6;3-1-2(4)5/h1-5H,6H2,(H2,9,10);2,4H,1H3,(H,5,6);1H,(H,4,5). The van der Waals surface area contributed by atoms with Gasteiger partial charge in [0.25, 0.3) is 0 Å². The summed E-state index contributed by atoms with van der Waals surface area (Å²) in [5.74, 6) is -2.61. The average molecular weight is 315 g/mol. The molecule has 1 atom stereocenters. The Hall–Kier alpha value is -2.94. The molecule has 0 saturated carbocycles. The molecule has 22 heavy (non-hydrogen) atoms. The Morgan fingerprint density at radius 3 is 1.91 bits per heavy atom. The van der Waals surface area contributed by atoms with Gasteiger partial charge in [-0.1, -0.05) is 30.3 Å². The van der Waals surface area contributed by atoms with E-state index in [1.54, 1.807) is 0 Å². The first kappa shape index (κ1) is 21.4. The van der Waals surface area contributed by atoms with Crippen molar-refractivity contribution < 1.29 is 39.2 Å². The van der Waals surface area contributed by atoms with Crippen LogP contribution < -0.4 is 5.73 Å². The molecule has 5 N–H and O–H groups in total. The van der Waals surface area contributed by atoms with E-state index >= 15 is 0 Å². The molecule has 1 amide bonds. The van der Waals surface area contributed by atoms with Crippen molar-refractivity contribution in [3.8, 4) is 0 Å². The third kappa shape index (κ3) is 17.1. The number of ether oxygens (including phenoxy) is 1. The predicted molar refractivity (Wildman–Crippen MR) is 73.8 cm³/mol. The monoisotopic (exact) mass is 315 g/mol. The number of carbonyl (C=O) groups is 4. The van der Waals surface area contributed by atoms with Crippen molar-refractivity contribution in [3.05, 3.63) is 35.9 Å². The molecule has 0 fully saturated rings.